The molecule has 1 aromatic carbocycles. The second-order valence-corrected chi connectivity index (χ2v) is 8.74. The number of amides is 1. The fourth-order valence-electron chi connectivity index (χ4n) is 2.76. The van der Waals surface area contributed by atoms with E-state index in [1.165, 1.54) is 0 Å². The quantitative estimate of drug-likeness (QED) is 0.570. The van der Waals surface area contributed by atoms with Crippen molar-refractivity contribution in [2.24, 2.45) is 0 Å². The average molecular weight is 474 g/mol. The fraction of sp³-hybridized carbons (Fsp3) is 0.444. The summed E-state index contributed by atoms with van der Waals surface area (Å²) < 4.78 is 6.59. The van der Waals surface area contributed by atoms with Gasteiger partial charge in [0.25, 0.3) is 0 Å². The number of rotatable bonds is 1. The molecule has 2 aromatic rings. The highest BCUT2D eigenvalue weighted by Gasteiger charge is 2.27. The van der Waals surface area contributed by atoms with Crippen LogP contribution in [0.1, 0.15) is 20.8 Å². The van der Waals surface area contributed by atoms with Crippen LogP contribution in [0.15, 0.2) is 24.3 Å². The summed E-state index contributed by atoms with van der Waals surface area (Å²) in [6, 6.07) is 8.07. The highest BCUT2D eigenvalue weighted by Crippen LogP contribution is 2.29. The van der Waals surface area contributed by atoms with Crippen molar-refractivity contribution in [2.75, 3.05) is 31.1 Å². The van der Waals surface area contributed by atoms with Crippen LogP contribution in [-0.4, -0.2) is 47.8 Å². The van der Waals surface area contributed by atoms with Gasteiger partial charge in [-0.1, -0.05) is 11.6 Å². The highest BCUT2D eigenvalue weighted by molar-refractivity contribution is 14.1. The Balaban J connectivity index is 1.73. The van der Waals surface area contributed by atoms with Crippen molar-refractivity contribution in [1.82, 2.24) is 9.88 Å². The summed E-state index contributed by atoms with van der Waals surface area (Å²) in [6.07, 6.45) is -0.265. The number of hydrogen-bond acceptors (Lipinski definition) is 4. The van der Waals surface area contributed by atoms with E-state index < -0.39 is 5.60 Å². The van der Waals surface area contributed by atoms with Gasteiger partial charge in [-0.2, -0.15) is 0 Å². The summed E-state index contributed by atoms with van der Waals surface area (Å²) in [6.45, 7) is 8.18. The topological polar surface area (TPSA) is 45.7 Å². The van der Waals surface area contributed by atoms with Crippen molar-refractivity contribution in [3.05, 3.63) is 32.9 Å². The lowest BCUT2D eigenvalue weighted by atomic mass is 10.2. The maximum absolute atomic E-state index is 12.2. The van der Waals surface area contributed by atoms with E-state index in [1.807, 2.05) is 39.0 Å². The van der Waals surface area contributed by atoms with Crippen LogP contribution in [0.5, 0.6) is 0 Å². The summed E-state index contributed by atoms with van der Waals surface area (Å²) in [5, 5.41) is 1.67. The Bertz CT molecular complexity index is 799. The number of piperazine rings is 1. The number of pyridine rings is 1. The molecule has 1 fully saturated rings. The third kappa shape index (κ3) is 4.47. The molecule has 1 aliphatic rings. The van der Waals surface area contributed by atoms with Crippen LogP contribution in [0.4, 0.5) is 10.6 Å². The highest BCUT2D eigenvalue weighted by atomic mass is 127. The first-order valence-corrected chi connectivity index (χ1v) is 9.67. The number of carbonyl (C=O) groups is 1. The van der Waals surface area contributed by atoms with Gasteiger partial charge in [-0.15, -0.1) is 0 Å². The Morgan fingerprint density at radius 2 is 1.88 bits per heavy atom. The van der Waals surface area contributed by atoms with Gasteiger partial charge in [0.2, 0.25) is 0 Å². The summed E-state index contributed by atoms with van der Waals surface area (Å²) in [5.74, 6) is 0.777. The van der Waals surface area contributed by atoms with Crippen LogP contribution < -0.4 is 4.90 Å². The summed E-state index contributed by atoms with van der Waals surface area (Å²) in [4.78, 5) is 20.8. The Morgan fingerprint density at radius 1 is 1.20 bits per heavy atom. The Kier molecular flexibility index (Phi) is 5.29. The lowest BCUT2D eigenvalue weighted by Crippen LogP contribution is -2.50. The molecule has 7 heteroatoms. The van der Waals surface area contributed by atoms with Crippen molar-refractivity contribution in [2.45, 2.75) is 26.4 Å². The van der Waals surface area contributed by atoms with Gasteiger partial charge < -0.3 is 14.5 Å². The number of ether oxygens (including phenoxy) is 1. The van der Waals surface area contributed by atoms with Gasteiger partial charge >= 0.3 is 6.09 Å². The van der Waals surface area contributed by atoms with E-state index >= 15 is 0 Å². The number of halogens is 2. The average Bonchev–Trinajstić information content (AvgIpc) is 2.52. The largest absolute Gasteiger partial charge is 0.444 e. The Labute approximate surface area is 166 Å². The van der Waals surface area contributed by atoms with Gasteiger partial charge in [-0.25, -0.2) is 9.78 Å². The van der Waals surface area contributed by atoms with Crippen LogP contribution in [0, 0.1) is 3.57 Å². The summed E-state index contributed by atoms with van der Waals surface area (Å²) >= 11 is 8.74. The Hall–Kier alpha value is -1.28. The summed E-state index contributed by atoms with van der Waals surface area (Å²) in [5.41, 5.74) is 0.448. The minimum absolute atomic E-state index is 0.265. The molecule has 1 aromatic heterocycles. The maximum Gasteiger partial charge on any atom is 0.410 e. The lowest BCUT2D eigenvalue weighted by Gasteiger charge is -2.36. The smallest absolute Gasteiger partial charge is 0.410 e. The number of anilines is 1. The molecule has 134 valence electrons. The molecule has 25 heavy (non-hydrogen) atoms. The molecule has 0 saturated carbocycles. The van der Waals surface area contributed by atoms with E-state index in [1.54, 1.807) is 4.90 Å². The number of nitrogens with zero attached hydrogens (tertiary/aromatic N) is 3. The van der Waals surface area contributed by atoms with Gasteiger partial charge in [0.05, 0.1) is 10.5 Å². The van der Waals surface area contributed by atoms with E-state index in [-0.39, 0.29) is 6.09 Å². The number of carbonyl (C=O) groups excluding carboxylic acids is 1. The number of benzene rings is 1. The van der Waals surface area contributed by atoms with E-state index in [9.17, 15) is 4.79 Å². The molecule has 1 saturated heterocycles. The van der Waals surface area contributed by atoms with E-state index in [4.69, 9.17) is 21.3 Å². The molecule has 0 unspecified atom stereocenters. The molecule has 5 nitrogen and oxygen atoms in total. The van der Waals surface area contributed by atoms with Crippen molar-refractivity contribution in [3.8, 4) is 0 Å². The first kappa shape index (κ1) is 18.5. The molecular weight excluding hydrogens is 453 g/mol. The second kappa shape index (κ2) is 7.15. The normalized spacial score (nSPS) is 15.6. The van der Waals surface area contributed by atoms with E-state index in [0.717, 1.165) is 20.3 Å². The van der Waals surface area contributed by atoms with Gasteiger partial charge in [-0.05, 0) is 67.6 Å². The minimum atomic E-state index is -0.477. The molecule has 0 spiro atoms. The third-order valence-corrected chi connectivity index (χ3v) is 4.89. The van der Waals surface area contributed by atoms with Crippen molar-refractivity contribution in [1.29, 1.82) is 0 Å². The molecule has 0 N–H and O–H groups in total. The van der Waals surface area contributed by atoms with Gasteiger partial charge in [-0.3, -0.25) is 0 Å². The predicted molar refractivity (Wildman–Crippen MR) is 109 cm³/mol. The molecule has 0 radical (unpaired) electrons. The number of aromatic nitrogens is 1. The zero-order chi connectivity index (χ0) is 18.2. The minimum Gasteiger partial charge on any atom is -0.444 e. The van der Waals surface area contributed by atoms with Crippen LogP contribution in [-0.2, 0) is 4.74 Å². The molecule has 2 heterocycles. The van der Waals surface area contributed by atoms with Crippen molar-refractivity contribution < 1.29 is 9.53 Å². The van der Waals surface area contributed by atoms with Crippen LogP contribution >= 0.6 is 34.2 Å². The zero-order valence-corrected chi connectivity index (χ0v) is 17.5. The molecular formula is C18H21ClIN3O2. The van der Waals surface area contributed by atoms with E-state index in [0.29, 0.717) is 31.2 Å². The molecule has 1 amide bonds. The number of hydrogen-bond donors (Lipinski definition) is 0. The second-order valence-electron chi connectivity index (χ2n) is 7.09. The first-order valence-electron chi connectivity index (χ1n) is 8.22. The fourth-order valence-corrected chi connectivity index (χ4v) is 3.56. The maximum atomic E-state index is 12.2. The SMILES string of the molecule is CC(C)(C)OC(=O)N1CCN(c2nc3ccc(I)cc3cc2Cl)CC1. The molecule has 3 rings (SSSR count). The van der Waals surface area contributed by atoms with Gasteiger partial charge in [0.15, 0.2) is 0 Å². The third-order valence-electron chi connectivity index (χ3n) is 3.94. The van der Waals surface area contributed by atoms with Crippen LogP contribution in [0.25, 0.3) is 10.9 Å². The standard InChI is InChI=1S/C18H21ClIN3O2/c1-18(2,3)25-17(24)23-8-6-22(7-9-23)16-14(19)11-12-10-13(20)4-5-15(12)21-16/h4-5,10-11H,6-9H2,1-3H3. The summed E-state index contributed by atoms with van der Waals surface area (Å²) in [7, 11) is 0. The van der Waals surface area contributed by atoms with E-state index in [2.05, 4.69) is 33.6 Å². The lowest BCUT2D eigenvalue weighted by molar-refractivity contribution is 0.0240. The van der Waals surface area contributed by atoms with Gasteiger partial charge in [0, 0.05) is 35.1 Å². The molecule has 1 aliphatic heterocycles. The zero-order valence-electron chi connectivity index (χ0n) is 14.6. The van der Waals surface area contributed by atoms with Crippen LogP contribution in [0.3, 0.4) is 0 Å². The van der Waals surface area contributed by atoms with Crippen molar-refractivity contribution in [3.63, 3.8) is 0 Å². The Morgan fingerprint density at radius 3 is 2.52 bits per heavy atom. The van der Waals surface area contributed by atoms with Gasteiger partial charge in [0.1, 0.15) is 11.4 Å². The first-order chi connectivity index (χ1) is 11.7. The molecule has 0 bridgehead atoms. The monoisotopic (exact) mass is 473 g/mol. The molecule has 0 aliphatic carbocycles. The van der Waals surface area contributed by atoms with Crippen LogP contribution in [0.2, 0.25) is 5.02 Å². The van der Waals surface area contributed by atoms with Crippen molar-refractivity contribution >= 4 is 57.0 Å². The predicted octanol–water partition coefficient (Wildman–Crippen LogP) is 4.55. The molecule has 0 atom stereocenters. The number of fused-ring (bicyclic) bond motifs is 1.